The largest absolute Gasteiger partial charge is 0.375 e. The molecule has 0 saturated carbocycles. The lowest BCUT2D eigenvalue weighted by molar-refractivity contribution is -0.190. The molecule has 0 bridgehead atoms. The topological polar surface area (TPSA) is 85.4 Å². The molecule has 0 aliphatic carbocycles. The monoisotopic (exact) mass is 529 g/mol. The van der Waals surface area contributed by atoms with Gasteiger partial charge in [0.15, 0.2) is 0 Å². The van der Waals surface area contributed by atoms with Gasteiger partial charge in [0.25, 0.3) is 0 Å². The zero-order chi connectivity index (χ0) is 27.4. The number of fused-ring (bicyclic) bond motifs is 1. The smallest absolute Gasteiger partial charge is 0.334 e. The average Bonchev–Trinajstić information content (AvgIpc) is 2.87. The summed E-state index contributed by atoms with van der Waals surface area (Å²) in [5.74, 6) is -1.36. The molecule has 2 aromatic rings. The Labute approximate surface area is 220 Å². The zero-order valence-corrected chi connectivity index (χ0v) is 21.8. The fourth-order valence-electron chi connectivity index (χ4n) is 4.90. The van der Waals surface area contributed by atoms with Crippen molar-refractivity contribution in [1.82, 2.24) is 25.1 Å². The molecule has 2 atom stereocenters. The molecule has 4 rings (SSSR count). The number of ether oxygens (including phenoxy) is 1. The number of hydrogen-bond acceptors (Lipinski definition) is 5. The summed E-state index contributed by atoms with van der Waals surface area (Å²) in [5.41, 5.74) is 1.15. The number of benzene rings is 2. The summed E-state index contributed by atoms with van der Waals surface area (Å²) in [4.78, 5) is 43.0. The van der Waals surface area contributed by atoms with E-state index in [2.05, 4.69) is 5.32 Å². The van der Waals surface area contributed by atoms with E-state index in [0.717, 1.165) is 5.56 Å². The van der Waals surface area contributed by atoms with Gasteiger partial charge in [0.2, 0.25) is 11.8 Å². The minimum atomic E-state index is -0.742. The Hall–Kier alpha value is -3.57. The van der Waals surface area contributed by atoms with E-state index in [1.54, 1.807) is 47.3 Å². The Bertz CT molecular complexity index is 1160. The normalized spacial score (nSPS) is 20.2. The number of amides is 4. The molecule has 2 aliphatic heterocycles. The lowest BCUT2D eigenvalue weighted by atomic mass is 9.96. The molecule has 38 heavy (non-hydrogen) atoms. The summed E-state index contributed by atoms with van der Waals surface area (Å²) in [6.45, 7) is 4.40. The summed E-state index contributed by atoms with van der Waals surface area (Å²) in [7, 11) is 1.65. The third kappa shape index (κ3) is 5.94. The molecule has 2 aromatic carbocycles. The molecule has 2 saturated heterocycles. The van der Waals surface area contributed by atoms with Crippen molar-refractivity contribution >= 4 is 17.8 Å². The van der Waals surface area contributed by atoms with Crippen LogP contribution in [0.25, 0.3) is 0 Å². The van der Waals surface area contributed by atoms with Crippen LogP contribution in [0.3, 0.4) is 0 Å². The lowest BCUT2D eigenvalue weighted by Gasteiger charge is -2.55. The van der Waals surface area contributed by atoms with Crippen LogP contribution in [0.15, 0.2) is 48.5 Å². The summed E-state index contributed by atoms with van der Waals surface area (Å²) < 4.78 is 32.8. The molecule has 2 aliphatic rings. The SMILES string of the molecule is CC(C)[C@H]1C(=O)N(CCOCc2ccccc2F)C[C@H]2N1C(=O)CN(C)N2C(=O)NCc1ccc(F)cc1. The summed E-state index contributed by atoms with van der Waals surface area (Å²) >= 11 is 0. The first-order valence-electron chi connectivity index (χ1n) is 12.6. The molecular weight excluding hydrogens is 496 g/mol. The number of carbonyl (C=O) groups excluding carboxylic acids is 3. The van der Waals surface area contributed by atoms with Gasteiger partial charge in [-0.1, -0.05) is 44.2 Å². The molecule has 0 spiro atoms. The van der Waals surface area contributed by atoms with Crippen LogP contribution in [0, 0.1) is 17.6 Å². The van der Waals surface area contributed by atoms with E-state index in [-0.39, 0.29) is 68.8 Å². The maximum Gasteiger partial charge on any atom is 0.334 e. The second kappa shape index (κ2) is 11.9. The third-order valence-electron chi connectivity index (χ3n) is 6.79. The van der Waals surface area contributed by atoms with Crippen molar-refractivity contribution in [2.24, 2.45) is 5.92 Å². The molecule has 0 aromatic heterocycles. The fraction of sp³-hybridized carbons (Fsp3) is 0.444. The van der Waals surface area contributed by atoms with E-state index in [4.69, 9.17) is 4.74 Å². The van der Waals surface area contributed by atoms with Gasteiger partial charge in [-0.2, -0.15) is 0 Å². The second-order valence-electron chi connectivity index (χ2n) is 9.84. The van der Waals surface area contributed by atoms with Crippen LogP contribution in [0.2, 0.25) is 0 Å². The zero-order valence-electron chi connectivity index (χ0n) is 21.8. The number of carbonyl (C=O) groups is 3. The molecule has 0 radical (unpaired) electrons. The van der Waals surface area contributed by atoms with Gasteiger partial charge in [0, 0.05) is 25.7 Å². The van der Waals surface area contributed by atoms with E-state index in [1.807, 2.05) is 13.8 Å². The predicted molar refractivity (Wildman–Crippen MR) is 135 cm³/mol. The van der Waals surface area contributed by atoms with E-state index in [9.17, 15) is 23.2 Å². The highest BCUT2D eigenvalue weighted by Gasteiger charge is 2.51. The number of nitrogens with zero attached hydrogens (tertiary/aromatic N) is 4. The molecule has 1 N–H and O–H groups in total. The standard InChI is InChI=1S/C27H33F2N5O4/c1-18(2)25-26(36)32(12-13-38-17-20-6-4-5-7-22(20)29)15-23-33(25)24(35)16-31(3)34(23)27(37)30-14-19-8-10-21(28)11-9-19/h4-11,18,23,25H,12-17H2,1-3H3,(H,30,37)/t23-,25-/m0/s1. The first kappa shape index (κ1) is 27.5. The summed E-state index contributed by atoms with van der Waals surface area (Å²) in [5, 5.41) is 5.84. The Balaban J connectivity index is 1.47. The van der Waals surface area contributed by atoms with Crippen LogP contribution in [0.4, 0.5) is 13.6 Å². The molecule has 204 valence electrons. The molecular formula is C27H33F2N5O4. The second-order valence-corrected chi connectivity index (χ2v) is 9.84. The number of halogens is 2. The first-order chi connectivity index (χ1) is 18.2. The van der Waals surface area contributed by atoms with Crippen LogP contribution in [-0.2, 0) is 27.5 Å². The molecule has 11 heteroatoms. The van der Waals surface area contributed by atoms with Crippen LogP contribution in [-0.4, -0.2) is 83.2 Å². The summed E-state index contributed by atoms with van der Waals surface area (Å²) in [6, 6.07) is 11.0. The van der Waals surface area contributed by atoms with E-state index >= 15 is 0 Å². The molecule has 9 nitrogen and oxygen atoms in total. The number of hydrogen-bond donors (Lipinski definition) is 1. The molecule has 0 unspecified atom stereocenters. The molecule has 2 fully saturated rings. The van der Waals surface area contributed by atoms with Crippen LogP contribution < -0.4 is 5.32 Å². The minimum absolute atomic E-state index is 0.0529. The lowest BCUT2D eigenvalue weighted by Crippen LogP contribution is -2.76. The van der Waals surface area contributed by atoms with E-state index < -0.39 is 18.2 Å². The van der Waals surface area contributed by atoms with Gasteiger partial charge in [-0.25, -0.2) is 23.6 Å². The van der Waals surface area contributed by atoms with Gasteiger partial charge in [-0.15, -0.1) is 0 Å². The average molecular weight is 530 g/mol. The van der Waals surface area contributed by atoms with Crippen LogP contribution >= 0.6 is 0 Å². The van der Waals surface area contributed by atoms with Crippen molar-refractivity contribution in [3.8, 4) is 0 Å². The Morgan fingerprint density at radius 2 is 1.82 bits per heavy atom. The molecule has 4 amide bonds. The van der Waals surface area contributed by atoms with Crippen molar-refractivity contribution in [3.63, 3.8) is 0 Å². The maximum absolute atomic E-state index is 13.9. The van der Waals surface area contributed by atoms with E-state index in [1.165, 1.54) is 28.1 Å². The van der Waals surface area contributed by atoms with Gasteiger partial charge < -0.3 is 19.9 Å². The number of likely N-dealkylation sites (N-methyl/N-ethyl adjacent to an activating group) is 1. The highest BCUT2D eigenvalue weighted by Crippen LogP contribution is 2.29. The van der Waals surface area contributed by atoms with Crippen molar-refractivity contribution in [1.29, 1.82) is 0 Å². The van der Waals surface area contributed by atoms with Crippen molar-refractivity contribution in [2.45, 2.75) is 39.2 Å². The number of rotatable bonds is 8. The Kier molecular flexibility index (Phi) is 8.58. The van der Waals surface area contributed by atoms with Crippen LogP contribution in [0.1, 0.15) is 25.0 Å². The number of hydrazine groups is 1. The minimum Gasteiger partial charge on any atom is -0.375 e. The van der Waals surface area contributed by atoms with E-state index in [0.29, 0.717) is 5.56 Å². The summed E-state index contributed by atoms with van der Waals surface area (Å²) in [6.07, 6.45) is -0.717. The molecule has 2 heterocycles. The highest BCUT2D eigenvalue weighted by atomic mass is 19.1. The van der Waals surface area contributed by atoms with Gasteiger partial charge in [0.1, 0.15) is 23.8 Å². The van der Waals surface area contributed by atoms with Crippen molar-refractivity contribution in [3.05, 3.63) is 71.3 Å². The first-order valence-corrected chi connectivity index (χ1v) is 12.6. The predicted octanol–water partition coefficient (Wildman–Crippen LogP) is 2.58. The third-order valence-corrected chi connectivity index (χ3v) is 6.79. The number of piperazine rings is 1. The Morgan fingerprint density at radius 1 is 1.11 bits per heavy atom. The van der Waals surface area contributed by atoms with Gasteiger partial charge in [-0.3, -0.25) is 9.59 Å². The fourth-order valence-corrected chi connectivity index (χ4v) is 4.90. The Morgan fingerprint density at radius 3 is 2.50 bits per heavy atom. The van der Waals surface area contributed by atoms with Crippen molar-refractivity contribution < 1.29 is 27.9 Å². The number of nitrogens with one attached hydrogen (secondary N) is 1. The van der Waals surface area contributed by atoms with Gasteiger partial charge >= 0.3 is 6.03 Å². The van der Waals surface area contributed by atoms with Crippen molar-refractivity contribution in [2.75, 3.05) is 33.3 Å². The van der Waals surface area contributed by atoms with Gasteiger partial charge in [-0.05, 0) is 29.7 Å². The maximum atomic E-state index is 13.9. The van der Waals surface area contributed by atoms with Gasteiger partial charge in [0.05, 0.1) is 26.3 Å². The highest BCUT2D eigenvalue weighted by molar-refractivity contribution is 5.91. The quantitative estimate of drug-likeness (QED) is 0.532. The van der Waals surface area contributed by atoms with Crippen LogP contribution in [0.5, 0.6) is 0 Å². The number of urea groups is 1.